The Bertz CT molecular complexity index is 129. The van der Waals surface area contributed by atoms with E-state index in [1.807, 2.05) is 0 Å². The van der Waals surface area contributed by atoms with E-state index in [1.54, 1.807) is 0 Å². The Labute approximate surface area is 55.9 Å². The summed E-state index contributed by atoms with van der Waals surface area (Å²) in [6.07, 6.45) is 0.690. The molecule has 1 aliphatic rings. The molecule has 1 heterocycles. The molecule has 0 aromatic heterocycles. The standard InChI is InChI=1S/C4H9NO3S/c6-4-2-1-3-5(4)9(7)8/h4,6H,1-3H2,(H,7,8). The van der Waals surface area contributed by atoms with Crippen molar-refractivity contribution in [3.05, 3.63) is 0 Å². The summed E-state index contributed by atoms with van der Waals surface area (Å²) < 4.78 is 19.9. The van der Waals surface area contributed by atoms with E-state index in [0.29, 0.717) is 13.0 Å². The Morgan fingerprint density at radius 3 is 2.56 bits per heavy atom. The van der Waals surface area contributed by atoms with Gasteiger partial charge in [-0.3, -0.25) is 4.55 Å². The predicted octanol–water partition coefficient (Wildman–Crippen LogP) is -0.463. The second-order valence-electron chi connectivity index (χ2n) is 1.99. The summed E-state index contributed by atoms with van der Waals surface area (Å²) in [6, 6.07) is 0. The fourth-order valence-corrected chi connectivity index (χ4v) is 1.50. The average Bonchev–Trinajstić information content (AvgIpc) is 2.13. The van der Waals surface area contributed by atoms with Gasteiger partial charge in [0.2, 0.25) is 11.3 Å². The maximum absolute atomic E-state index is 10.3. The summed E-state index contributed by atoms with van der Waals surface area (Å²) in [6.45, 7) is 0.518. The molecule has 0 aromatic carbocycles. The first-order chi connectivity index (χ1) is 4.22. The SMILES string of the molecule is O=S(O)N1CCCC1O. The van der Waals surface area contributed by atoms with Gasteiger partial charge in [-0.05, 0) is 12.8 Å². The first-order valence-corrected chi connectivity index (χ1v) is 3.84. The molecule has 2 atom stereocenters. The summed E-state index contributed by atoms with van der Waals surface area (Å²) in [7, 11) is 0. The highest BCUT2D eigenvalue weighted by Crippen LogP contribution is 2.14. The van der Waals surface area contributed by atoms with Crippen molar-refractivity contribution in [2.24, 2.45) is 0 Å². The van der Waals surface area contributed by atoms with Crippen LogP contribution in [0.3, 0.4) is 0 Å². The van der Waals surface area contributed by atoms with Crippen molar-refractivity contribution in [1.82, 2.24) is 4.31 Å². The largest absolute Gasteiger partial charge is 0.377 e. The molecule has 1 fully saturated rings. The monoisotopic (exact) mass is 151 g/mol. The van der Waals surface area contributed by atoms with Gasteiger partial charge in [-0.1, -0.05) is 0 Å². The second-order valence-corrected chi connectivity index (χ2v) is 2.92. The lowest BCUT2D eigenvalue weighted by Gasteiger charge is -2.12. The predicted molar refractivity (Wildman–Crippen MR) is 32.7 cm³/mol. The van der Waals surface area contributed by atoms with Gasteiger partial charge in [0, 0.05) is 6.54 Å². The van der Waals surface area contributed by atoms with E-state index in [1.165, 1.54) is 0 Å². The Morgan fingerprint density at radius 1 is 1.67 bits per heavy atom. The molecule has 0 bridgehead atoms. The molecule has 5 heteroatoms. The van der Waals surface area contributed by atoms with Crippen LogP contribution in [0.2, 0.25) is 0 Å². The molecular weight excluding hydrogens is 142 g/mol. The maximum Gasteiger partial charge on any atom is 0.236 e. The fraction of sp³-hybridized carbons (Fsp3) is 1.00. The Hall–Kier alpha value is 0.0300. The lowest BCUT2D eigenvalue weighted by Crippen LogP contribution is -2.30. The van der Waals surface area contributed by atoms with Gasteiger partial charge in [-0.25, -0.2) is 4.21 Å². The van der Waals surface area contributed by atoms with Gasteiger partial charge in [-0.15, -0.1) is 0 Å². The van der Waals surface area contributed by atoms with Crippen molar-refractivity contribution in [2.75, 3.05) is 6.54 Å². The minimum absolute atomic E-state index is 0.518. The summed E-state index contributed by atoms with van der Waals surface area (Å²) in [5, 5.41) is 8.93. The topological polar surface area (TPSA) is 60.8 Å². The summed E-state index contributed by atoms with van der Waals surface area (Å²) in [5.74, 6) is 0. The third kappa shape index (κ3) is 1.48. The van der Waals surface area contributed by atoms with E-state index in [4.69, 9.17) is 9.66 Å². The first kappa shape index (κ1) is 7.14. The zero-order valence-electron chi connectivity index (χ0n) is 4.86. The maximum atomic E-state index is 10.3. The summed E-state index contributed by atoms with van der Waals surface area (Å²) in [5.41, 5.74) is 0. The van der Waals surface area contributed by atoms with Crippen molar-refractivity contribution in [1.29, 1.82) is 0 Å². The van der Waals surface area contributed by atoms with Crippen molar-refractivity contribution < 1.29 is 13.9 Å². The van der Waals surface area contributed by atoms with Crippen LogP contribution in [0.5, 0.6) is 0 Å². The van der Waals surface area contributed by atoms with E-state index in [-0.39, 0.29) is 0 Å². The van der Waals surface area contributed by atoms with Crippen LogP contribution >= 0.6 is 0 Å². The molecule has 4 nitrogen and oxygen atoms in total. The number of hydrogen-bond acceptors (Lipinski definition) is 2. The van der Waals surface area contributed by atoms with Gasteiger partial charge in [-0.2, -0.15) is 4.31 Å². The molecule has 54 valence electrons. The van der Waals surface area contributed by atoms with Gasteiger partial charge >= 0.3 is 0 Å². The molecule has 9 heavy (non-hydrogen) atoms. The van der Waals surface area contributed by atoms with Crippen molar-refractivity contribution in [3.8, 4) is 0 Å². The number of aliphatic hydroxyl groups excluding tert-OH is 1. The quantitative estimate of drug-likeness (QED) is 0.498. The Balaban J connectivity index is 2.49. The minimum Gasteiger partial charge on any atom is -0.377 e. The van der Waals surface area contributed by atoms with Crippen molar-refractivity contribution in [3.63, 3.8) is 0 Å². The van der Waals surface area contributed by atoms with E-state index in [0.717, 1.165) is 10.7 Å². The van der Waals surface area contributed by atoms with Crippen LogP contribution in [0.25, 0.3) is 0 Å². The first-order valence-electron chi connectivity index (χ1n) is 2.77. The molecule has 0 aliphatic carbocycles. The highest BCUT2D eigenvalue weighted by atomic mass is 32.2. The number of hydrogen-bond donors (Lipinski definition) is 2. The van der Waals surface area contributed by atoms with Gasteiger partial charge in [0.1, 0.15) is 6.23 Å². The van der Waals surface area contributed by atoms with E-state index >= 15 is 0 Å². The van der Waals surface area contributed by atoms with Crippen molar-refractivity contribution in [2.45, 2.75) is 19.1 Å². The Morgan fingerprint density at radius 2 is 2.33 bits per heavy atom. The lowest BCUT2D eigenvalue weighted by molar-refractivity contribution is 0.0938. The number of nitrogens with zero attached hydrogens (tertiary/aromatic N) is 1. The highest BCUT2D eigenvalue weighted by Gasteiger charge is 2.25. The highest BCUT2D eigenvalue weighted by molar-refractivity contribution is 7.76. The van der Waals surface area contributed by atoms with Gasteiger partial charge in [0.05, 0.1) is 0 Å². The third-order valence-electron chi connectivity index (χ3n) is 1.37. The van der Waals surface area contributed by atoms with Crippen LogP contribution in [-0.4, -0.2) is 30.9 Å². The molecule has 1 aliphatic heterocycles. The van der Waals surface area contributed by atoms with E-state index in [2.05, 4.69) is 0 Å². The van der Waals surface area contributed by atoms with Crippen LogP contribution in [0.15, 0.2) is 0 Å². The number of aliphatic hydroxyl groups is 1. The molecule has 0 aromatic rings. The van der Waals surface area contributed by atoms with Crippen LogP contribution in [0.4, 0.5) is 0 Å². The van der Waals surface area contributed by atoms with Crippen LogP contribution < -0.4 is 0 Å². The molecule has 2 unspecified atom stereocenters. The number of rotatable bonds is 1. The zero-order chi connectivity index (χ0) is 6.85. The van der Waals surface area contributed by atoms with E-state index < -0.39 is 17.5 Å². The molecule has 1 saturated heterocycles. The van der Waals surface area contributed by atoms with Crippen LogP contribution in [-0.2, 0) is 11.3 Å². The van der Waals surface area contributed by atoms with Crippen molar-refractivity contribution >= 4 is 11.3 Å². The molecule has 1 rings (SSSR count). The molecule has 0 spiro atoms. The van der Waals surface area contributed by atoms with Gasteiger partial charge < -0.3 is 5.11 Å². The molecule has 0 saturated carbocycles. The van der Waals surface area contributed by atoms with Crippen LogP contribution in [0, 0.1) is 0 Å². The smallest absolute Gasteiger partial charge is 0.236 e. The zero-order valence-corrected chi connectivity index (χ0v) is 5.67. The summed E-state index contributed by atoms with van der Waals surface area (Å²) in [4.78, 5) is 0. The summed E-state index contributed by atoms with van der Waals surface area (Å²) >= 11 is -1.99. The molecule has 0 radical (unpaired) electrons. The normalized spacial score (nSPS) is 32.9. The third-order valence-corrected chi connectivity index (χ3v) is 2.20. The average molecular weight is 151 g/mol. The van der Waals surface area contributed by atoms with Gasteiger partial charge in [0.15, 0.2) is 0 Å². The second kappa shape index (κ2) is 2.74. The van der Waals surface area contributed by atoms with E-state index in [9.17, 15) is 4.21 Å². The van der Waals surface area contributed by atoms with Gasteiger partial charge in [0.25, 0.3) is 0 Å². The lowest BCUT2D eigenvalue weighted by atomic mass is 10.4. The molecule has 0 amide bonds. The Kier molecular flexibility index (Phi) is 2.18. The fourth-order valence-electron chi connectivity index (χ4n) is 0.905. The minimum atomic E-state index is -1.99. The molecular formula is C4H9NO3S. The van der Waals surface area contributed by atoms with Crippen LogP contribution in [0.1, 0.15) is 12.8 Å². The molecule has 2 N–H and O–H groups in total.